The van der Waals surface area contributed by atoms with E-state index in [0.717, 1.165) is 18.5 Å². The standard InChI is InChI=1S/C10H20N2/c11-7-9-3-2-6-12(8-9)10-4-1-5-10/h9-10H,1-8,11H2. The quantitative estimate of drug-likeness (QED) is 0.671. The van der Waals surface area contributed by atoms with E-state index in [1.165, 1.54) is 45.2 Å². The molecule has 1 atom stereocenters. The largest absolute Gasteiger partial charge is 0.330 e. The molecule has 0 amide bonds. The van der Waals surface area contributed by atoms with Crippen LogP contribution in [0.2, 0.25) is 0 Å². The fourth-order valence-electron chi connectivity index (χ4n) is 2.37. The van der Waals surface area contributed by atoms with Crippen molar-refractivity contribution >= 4 is 0 Å². The number of likely N-dealkylation sites (tertiary alicyclic amines) is 1. The molecule has 1 aliphatic carbocycles. The highest BCUT2D eigenvalue weighted by Gasteiger charge is 2.28. The highest BCUT2D eigenvalue weighted by molar-refractivity contribution is 4.84. The summed E-state index contributed by atoms with van der Waals surface area (Å²) < 4.78 is 0. The maximum atomic E-state index is 5.70. The van der Waals surface area contributed by atoms with E-state index in [-0.39, 0.29) is 0 Å². The number of piperidine rings is 1. The molecule has 0 bridgehead atoms. The third-order valence-electron chi connectivity index (χ3n) is 3.47. The third-order valence-corrected chi connectivity index (χ3v) is 3.47. The summed E-state index contributed by atoms with van der Waals surface area (Å²) in [5.74, 6) is 0.791. The second kappa shape index (κ2) is 3.75. The fourth-order valence-corrected chi connectivity index (χ4v) is 2.37. The van der Waals surface area contributed by atoms with Crippen LogP contribution in [0.25, 0.3) is 0 Å². The highest BCUT2D eigenvalue weighted by atomic mass is 15.2. The van der Waals surface area contributed by atoms with E-state index in [1.54, 1.807) is 0 Å². The van der Waals surface area contributed by atoms with Crippen molar-refractivity contribution in [3.8, 4) is 0 Å². The molecule has 0 spiro atoms. The Morgan fingerprint density at radius 3 is 2.58 bits per heavy atom. The Morgan fingerprint density at radius 2 is 2.00 bits per heavy atom. The second-order valence-electron chi connectivity index (χ2n) is 4.32. The molecule has 0 aromatic carbocycles. The zero-order chi connectivity index (χ0) is 8.39. The molecule has 2 rings (SSSR count). The third kappa shape index (κ3) is 1.64. The summed E-state index contributed by atoms with van der Waals surface area (Å²) in [5, 5.41) is 0. The molecule has 2 fully saturated rings. The number of hydrogen-bond donors (Lipinski definition) is 1. The Hall–Kier alpha value is -0.0800. The maximum absolute atomic E-state index is 5.70. The summed E-state index contributed by atoms with van der Waals surface area (Å²) in [6, 6.07) is 0.930. The van der Waals surface area contributed by atoms with Crippen LogP contribution < -0.4 is 5.73 Å². The van der Waals surface area contributed by atoms with E-state index in [1.807, 2.05) is 0 Å². The summed E-state index contributed by atoms with van der Waals surface area (Å²) >= 11 is 0. The lowest BCUT2D eigenvalue weighted by molar-refractivity contribution is 0.0791. The Bertz CT molecular complexity index is 143. The number of nitrogens with two attached hydrogens (primary N) is 1. The van der Waals surface area contributed by atoms with E-state index in [4.69, 9.17) is 5.73 Å². The van der Waals surface area contributed by atoms with Gasteiger partial charge in [0.25, 0.3) is 0 Å². The van der Waals surface area contributed by atoms with Gasteiger partial charge in [-0.3, -0.25) is 0 Å². The van der Waals surface area contributed by atoms with E-state index < -0.39 is 0 Å². The molecule has 2 heteroatoms. The van der Waals surface area contributed by atoms with E-state index >= 15 is 0 Å². The molecule has 0 aromatic rings. The number of hydrogen-bond acceptors (Lipinski definition) is 2. The lowest BCUT2D eigenvalue weighted by Crippen LogP contribution is -2.47. The first kappa shape index (κ1) is 8.52. The average molecular weight is 168 g/mol. The Morgan fingerprint density at radius 1 is 1.17 bits per heavy atom. The van der Waals surface area contributed by atoms with Crippen LogP contribution in [0.5, 0.6) is 0 Å². The predicted molar refractivity (Wildman–Crippen MR) is 51.0 cm³/mol. The summed E-state index contributed by atoms with van der Waals surface area (Å²) in [6.07, 6.45) is 7.07. The molecule has 70 valence electrons. The minimum Gasteiger partial charge on any atom is -0.330 e. The van der Waals surface area contributed by atoms with Gasteiger partial charge < -0.3 is 10.6 Å². The lowest BCUT2D eigenvalue weighted by Gasteiger charge is -2.42. The van der Waals surface area contributed by atoms with Crippen molar-refractivity contribution in [2.24, 2.45) is 11.7 Å². The molecule has 0 aromatic heterocycles. The van der Waals surface area contributed by atoms with Crippen molar-refractivity contribution in [2.75, 3.05) is 19.6 Å². The van der Waals surface area contributed by atoms with E-state index in [2.05, 4.69) is 4.90 Å². The molecule has 1 saturated heterocycles. The molecule has 1 saturated carbocycles. The van der Waals surface area contributed by atoms with Gasteiger partial charge in [-0.25, -0.2) is 0 Å². The van der Waals surface area contributed by atoms with Crippen molar-refractivity contribution in [1.29, 1.82) is 0 Å². The molecular formula is C10H20N2. The van der Waals surface area contributed by atoms with Gasteiger partial charge in [-0.1, -0.05) is 6.42 Å². The normalized spacial score (nSPS) is 33.2. The van der Waals surface area contributed by atoms with Gasteiger partial charge in [-0.05, 0) is 44.7 Å². The SMILES string of the molecule is NCC1CCCN(C2CCC2)C1. The minimum atomic E-state index is 0.791. The van der Waals surface area contributed by atoms with Gasteiger partial charge in [-0.2, -0.15) is 0 Å². The Kier molecular flexibility index (Phi) is 2.66. The predicted octanol–water partition coefficient (Wildman–Crippen LogP) is 1.21. The fraction of sp³-hybridized carbons (Fsp3) is 1.00. The van der Waals surface area contributed by atoms with Crippen molar-refractivity contribution in [2.45, 2.75) is 38.1 Å². The van der Waals surface area contributed by atoms with Crippen molar-refractivity contribution < 1.29 is 0 Å². The highest BCUT2D eigenvalue weighted by Crippen LogP contribution is 2.28. The maximum Gasteiger partial charge on any atom is 0.00954 e. The monoisotopic (exact) mass is 168 g/mol. The molecule has 1 aliphatic heterocycles. The van der Waals surface area contributed by atoms with Crippen LogP contribution in [0.15, 0.2) is 0 Å². The topological polar surface area (TPSA) is 29.3 Å². The summed E-state index contributed by atoms with van der Waals surface area (Å²) in [5.41, 5.74) is 5.70. The molecule has 0 radical (unpaired) electrons. The number of nitrogens with zero attached hydrogens (tertiary/aromatic N) is 1. The van der Waals surface area contributed by atoms with Crippen LogP contribution in [0.1, 0.15) is 32.1 Å². The van der Waals surface area contributed by atoms with Gasteiger partial charge in [0.05, 0.1) is 0 Å². The lowest BCUT2D eigenvalue weighted by atomic mass is 9.88. The Balaban J connectivity index is 1.81. The zero-order valence-corrected chi connectivity index (χ0v) is 7.84. The molecule has 2 N–H and O–H groups in total. The van der Waals surface area contributed by atoms with Gasteiger partial charge in [0, 0.05) is 12.6 Å². The molecule has 1 heterocycles. The van der Waals surface area contributed by atoms with E-state index in [9.17, 15) is 0 Å². The molecule has 2 nitrogen and oxygen atoms in total. The van der Waals surface area contributed by atoms with Crippen LogP contribution in [-0.2, 0) is 0 Å². The van der Waals surface area contributed by atoms with Crippen LogP contribution in [0, 0.1) is 5.92 Å². The molecule has 1 unspecified atom stereocenters. The van der Waals surface area contributed by atoms with Gasteiger partial charge >= 0.3 is 0 Å². The Labute approximate surface area is 75.1 Å². The van der Waals surface area contributed by atoms with Crippen LogP contribution in [-0.4, -0.2) is 30.6 Å². The smallest absolute Gasteiger partial charge is 0.00954 e. The van der Waals surface area contributed by atoms with Gasteiger partial charge in [0.1, 0.15) is 0 Å². The first-order chi connectivity index (χ1) is 5.90. The van der Waals surface area contributed by atoms with Crippen molar-refractivity contribution in [3.05, 3.63) is 0 Å². The molecule has 2 aliphatic rings. The summed E-state index contributed by atoms with van der Waals surface area (Å²) in [7, 11) is 0. The van der Waals surface area contributed by atoms with Gasteiger partial charge in [0.15, 0.2) is 0 Å². The minimum absolute atomic E-state index is 0.791. The van der Waals surface area contributed by atoms with Crippen LogP contribution in [0.4, 0.5) is 0 Å². The summed E-state index contributed by atoms with van der Waals surface area (Å²) in [4.78, 5) is 2.67. The first-order valence-electron chi connectivity index (χ1n) is 5.34. The van der Waals surface area contributed by atoms with E-state index in [0.29, 0.717) is 0 Å². The second-order valence-corrected chi connectivity index (χ2v) is 4.32. The first-order valence-corrected chi connectivity index (χ1v) is 5.34. The van der Waals surface area contributed by atoms with Crippen LogP contribution >= 0.6 is 0 Å². The van der Waals surface area contributed by atoms with Gasteiger partial charge in [-0.15, -0.1) is 0 Å². The summed E-state index contributed by atoms with van der Waals surface area (Å²) in [6.45, 7) is 3.51. The number of rotatable bonds is 2. The van der Waals surface area contributed by atoms with Crippen LogP contribution in [0.3, 0.4) is 0 Å². The van der Waals surface area contributed by atoms with Crippen molar-refractivity contribution in [1.82, 2.24) is 4.90 Å². The average Bonchev–Trinajstić information content (AvgIpc) is 2.02. The molecular weight excluding hydrogens is 148 g/mol. The van der Waals surface area contributed by atoms with Crippen molar-refractivity contribution in [3.63, 3.8) is 0 Å². The van der Waals surface area contributed by atoms with Gasteiger partial charge in [0.2, 0.25) is 0 Å². The molecule has 12 heavy (non-hydrogen) atoms. The zero-order valence-electron chi connectivity index (χ0n) is 7.84.